The molecule has 3 fully saturated rings. The second-order valence-electron chi connectivity index (χ2n) is 21.3. The van der Waals surface area contributed by atoms with Crippen molar-refractivity contribution in [3.63, 3.8) is 0 Å². The van der Waals surface area contributed by atoms with Gasteiger partial charge in [-0.05, 0) is 132 Å². The first kappa shape index (κ1) is 54.4. The van der Waals surface area contributed by atoms with Gasteiger partial charge in [0.15, 0.2) is 5.82 Å². The molecule has 20 heteroatoms. The van der Waals surface area contributed by atoms with Gasteiger partial charge in [0.05, 0.1) is 36.4 Å². The molecule has 3 saturated heterocycles. The van der Waals surface area contributed by atoms with E-state index in [9.17, 15) is 27.3 Å². The molecule has 0 bridgehead atoms. The van der Waals surface area contributed by atoms with E-state index in [-0.39, 0.29) is 36.5 Å². The van der Waals surface area contributed by atoms with Crippen LogP contribution in [-0.4, -0.2) is 154 Å². The third-order valence-corrected chi connectivity index (χ3v) is 18.6. The average molecular weight is 1110 g/mol. The number of piperidine rings is 2. The van der Waals surface area contributed by atoms with Crippen molar-refractivity contribution in [1.29, 1.82) is 0 Å². The van der Waals surface area contributed by atoms with Gasteiger partial charge >= 0.3 is 6.18 Å². The number of amides is 2. The van der Waals surface area contributed by atoms with E-state index < -0.39 is 25.9 Å². The van der Waals surface area contributed by atoms with Gasteiger partial charge in [-0.15, -0.1) is 21.5 Å². The molecule has 3 aromatic carbocycles. The number of aryl methyl sites for hydroxylation is 2. The summed E-state index contributed by atoms with van der Waals surface area (Å²) in [5.41, 5.74) is 6.24. The van der Waals surface area contributed by atoms with Crippen molar-refractivity contribution < 1.29 is 27.3 Å². The Morgan fingerprint density at radius 2 is 1.55 bits per heavy atom. The molecule has 0 aliphatic carbocycles. The normalized spacial score (nSPS) is 18.1. The minimum Gasteiger partial charge on any atom is -0.382 e. The molecule has 14 nitrogen and oxygen atoms in total. The van der Waals surface area contributed by atoms with Crippen molar-refractivity contribution in [2.24, 2.45) is 10.9 Å². The lowest BCUT2D eigenvalue weighted by molar-refractivity contribution is -0.140. The molecule has 6 aromatic rings. The number of likely N-dealkylation sites (tertiary alicyclic amines) is 2. The van der Waals surface area contributed by atoms with Gasteiger partial charge in [0.2, 0.25) is 11.8 Å². The van der Waals surface area contributed by atoms with Crippen molar-refractivity contribution in [3.05, 3.63) is 117 Å². The molecule has 0 radical (unpaired) electrons. The predicted octanol–water partition coefficient (Wildman–Crippen LogP) is 9.38. The summed E-state index contributed by atoms with van der Waals surface area (Å²) in [5, 5.41) is 19.0. The maximum atomic E-state index is 14.1. The first-order valence-electron chi connectivity index (χ1n) is 26.6. The zero-order valence-corrected chi connectivity index (χ0v) is 46.8. The third-order valence-electron chi connectivity index (χ3n) is 15.6. The molecule has 2 amide bonds. The fourth-order valence-electron chi connectivity index (χ4n) is 11.2. The fraction of sp³-hybridized carbons (Fsp3) is 0.456. The quantitative estimate of drug-likeness (QED) is 0.0857. The highest BCUT2D eigenvalue weighted by Gasteiger charge is 2.36. The number of fused-ring (bicyclic) bond motifs is 4. The van der Waals surface area contributed by atoms with Gasteiger partial charge in [-0.2, -0.15) is 13.2 Å². The van der Waals surface area contributed by atoms with Crippen LogP contribution in [0.25, 0.3) is 15.9 Å². The first-order chi connectivity index (χ1) is 36.8. The van der Waals surface area contributed by atoms with Crippen molar-refractivity contribution >= 4 is 75.2 Å². The lowest BCUT2D eigenvalue weighted by atomic mass is 9.95. The number of alkyl halides is 3. The Hall–Kier alpha value is -5.96. The number of nitrogens with zero attached hydrogens (tertiary/aromatic N) is 9. The summed E-state index contributed by atoms with van der Waals surface area (Å²) >= 11 is 8.00. The summed E-state index contributed by atoms with van der Waals surface area (Å²) in [6, 6.07) is 21.7. The highest BCUT2D eigenvalue weighted by Crippen LogP contribution is 2.41. The lowest BCUT2D eigenvalue weighted by Gasteiger charge is -2.40. The molecule has 10 rings (SSSR count). The number of benzene rings is 3. The number of rotatable bonds is 13. The number of halogens is 4. The molecule has 0 saturated carbocycles. The van der Waals surface area contributed by atoms with Gasteiger partial charge in [0, 0.05) is 108 Å². The zero-order chi connectivity index (χ0) is 54.2. The van der Waals surface area contributed by atoms with Crippen LogP contribution in [0.5, 0.6) is 0 Å². The molecule has 3 aromatic heterocycles. The summed E-state index contributed by atoms with van der Waals surface area (Å²) in [7, 11) is -2.39. The van der Waals surface area contributed by atoms with E-state index in [2.05, 4.69) is 60.9 Å². The average Bonchev–Trinajstić information content (AvgIpc) is 4.03. The van der Waals surface area contributed by atoms with Gasteiger partial charge < -0.3 is 29.6 Å². The van der Waals surface area contributed by atoms with Crippen molar-refractivity contribution in [2.45, 2.75) is 77.7 Å². The number of nitrogens with one attached hydrogen (secondary N) is 2. The molecule has 0 spiro atoms. The summed E-state index contributed by atoms with van der Waals surface area (Å²) < 4.78 is 57.4. The molecule has 0 unspecified atom stereocenters. The smallest absolute Gasteiger partial charge is 0.382 e. The Morgan fingerprint density at radius 1 is 0.844 bits per heavy atom. The highest BCUT2D eigenvalue weighted by molar-refractivity contribution is 7.70. The number of hydrogen-bond acceptors (Lipinski definition) is 11. The SMILES string of the molecule is Cc1sc2c(c1C)C(c1ccc(Cl)cc1)=N[C@H](CC(=O)N1CCC(CN3CCN(C(=O)CN4CCC(Nc5cccc6c5cc(C#CCNc5ccc(P(C)(C)=O)cc5)n6CC(F)(F)F)CC4)CC3)CC1)c1nnc(C)n1-2. The van der Waals surface area contributed by atoms with E-state index >= 15 is 0 Å². The van der Waals surface area contributed by atoms with E-state index in [1.54, 1.807) is 42.9 Å². The number of aliphatic imine (C=N–C) groups is 1. The van der Waals surface area contributed by atoms with Crippen LogP contribution >= 0.6 is 30.1 Å². The van der Waals surface area contributed by atoms with Crippen LogP contribution in [0.4, 0.5) is 24.5 Å². The molecular weight excluding hydrogens is 1040 g/mol. The Kier molecular flexibility index (Phi) is 16.1. The predicted molar refractivity (Wildman–Crippen MR) is 302 cm³/mol. The number of anilines is 2. The van der Waals surface area contributed by atoms with Crippen LogP contribution in [0.3, 0.4) is 0 Å². The van der Waals surface area contributed by atoms with Crippen molar-refractivity contribution in [1.82, 2.24) is 38.9 Å². The van der Waals surface area contributed by atoms with Crippen molar-refractivity contribution in [2.75, 3.05) is 96.0 Å². The molecule has 1 atom stereocenters. The van der Waals surface area contributed by atoms with Crippen LogP contribution < -0.4 is 15.9 Å². The summed E-state index contributed by atoms with van der Waals surface area (Å²) in [6.45, 7) is 15.8. The maximum absolute atomic E-state index is 14.1. The Bertz CT molecular complexity index is 3280. The highest BCUT2D eigenvalue weighted by atomic mass is 35.5. The van der Waals surface area contributed by atoms with Gasteiger partial charge in [0.25, 0.3) is 0 Å². The van der Waals surface area contributed by atoms with Crippen molar-refractivity contribution in [3.8, 4) is 16.8 Å². The van der Waals surface area contributed by atoms with Crippen LogP contribution in [-0.2, 0) is 20.7 Å². The van der Waals surface area contributed by atoms with Gasteiger partial charge in [-0.1, -0.05) is 35.7 Å². The number of carbonyl (C=O) groups excluding carboxylic acids is 2. The summed E-state index contributed by atoms with van der Waals surface area (Å²) in [4.78, 5) is 42.9. The Labute approximate surface area is 457 Å². The molecule has 2 N–H and O–H groups in total. The monoisotopic (exact) mass is 1110 g/mol. The summed E-state index contributed by atoms with van der Waals surface area (Å²) in [5.74, 6) is 8.07. The second-order valence-corrected chi connectivity index (χ2v) is 26.2. The van der Waals surface area contributed by atoms with Gasteiger partial charge in [-0.3, -0.25) is 28.9 Å². The van der Waals surface area contributed by atoms with E-state index in [1.165, 1.54) is 9.44 Å². The number of carbonyl (C=O) groups is 2. The molecule has 406 valence electrons. The van der Waals surface area contributed by atoms with E-state index in [0.717, 1.165) is 108 Å². The number of aromatic nitrogens is 4. The minimum atomic E-state index is -4.44. The van der Waals surface area contributed by atoms with Crippen LogP contribution in [0, 0.1) is 38.5 Å². The standard InChI is InChI=1S/C57H66ClF3N11O3PS/c1-37-38(2)77-56-53(37)54(41-11-13-42(58)14-12-41)64-49(55-66-65-39(3)72(55)56)33-51(73)69-26-19-40(20-27-69)34-68-28-30-70(31-29-68)52(74)35-67-24-21-44(22-25-67)63-48-9-6-10-50-47(48)32-45(71(50)36-57(59,60)61)8-7-23-62-43-15-17-46(18-16-43)76(4,5)75/h6,9-18,32,40,44,49,62-63H,19-31,33-36H2,1-5H3/t49-/m1/s1. The fourth-order valence-corrected chi connectivity index (χ4v) is 13.4. The second kappa shape index (κ2) is 22.8. The summed E-state index contributed by atoms with van der Waals surface area (Å²) in [6.07, 6.45) is -0.833. The molecule has 7 heterocycles. The molecule has 4 aliphatic rings. The third kappa shape index (κ3) is 12.5. The number of thiophene rings is 1. The first-order valence-corrected chi connectivity index (χ1v) is 30.4. The number of piperazine rings is 1. The molecular formula is C57H66ClF3N11O3PS. The van der Waals surface area contributed by atoms with E-state index in [0.29, 0.717) is 60.4 Å². The van der Waals surface area contributed by atoms with Crippen LogP contribution in [0.1, 0.15) is 77.1 Å². The Morgan fingerprint density at radius 3 is 2.23 bits per heavy atom. The number of hydrogen-bond donors (Lipinski definition) is 2. The topological polar surface area (TPSA) is 136 Å². The van der Waals surface area contributed by atoms with Crippen LogP contribution in [0.2, 0.25) is 5.02 Å². The zero-order valence-electron chi connectivity index (χ0n) is 44.3. The lowest BCUT2D eigenvalue weighted by Crippen LogP contribution is -2.53. The minimum absolute atomic E-state index is 0.0651. The largest absolute Gasteiger partial charge is 0.406 e. The molecule has 77 heavy (non-hydrogen) atoms. The maximum Gasteiger partial charge on any atom is 0.406 e. The van der Waals surface area contributed by atoms with Gasteiger partial charge in [-0.25, -0.2) is 0 Å². The van der Waals surface area contributed by atoms with Crippen LogP contribution in [0.15, 0.2) is 77.8 Å². The van der Waals surface area contributed by atoms with E-state index in [4.69, 9.17) is 16.6 Å². The van der Waals surface area contributed by atoms with Gasteiger partial charge in [0.1, 0.15) is 30.6 Å². The van der Waals surface area contributed by atoms with E-state index in [1.807, 2.05) is 71.3 Å². The molecule has 4 aliphatic heterocycles. The Balaban J connectivity index is 0.677.